The zero-order chi connectivity index (χ0) is 16.0. The minimum Gasteiger partial charge on any atom is -0.481 e. The zero-order valence-electron chi connectivity index (χ0n) is 12.7. The highest BCUT2D eigenvalue weighted by Crippen LogP contribution is 2.48. The quantitative estimate of drug-likeness (QED) is 0.600. The number of aliphatic carboxylic acids is 2. The molecule has 6 heteroatoms. The zero-order valence-corrected chi connectivity index (χ0v) is 12.7. The molecule has 124 valence electrons. The van der Waals surface area contributed by atoms with Crippen LogP contribution in [0.3, 0.4) is 0 Å². The topological polar surface area (TPSA) is 127 Å². The maximum atomic E-state index is 10.7. The molecule has 4 aliphatic rings. The highest BCUT2D eigenvalue weighted by atomic mass is 16.4. The molecule has 0 heterocycles. The van der Waals surface area contributed by atoms with Gasteiger partial charge in [-0.15, -0.1) is 0 Å². The number of carbonyl (C=O) groups is 2. The number of hydrogen-bond donors (Lipinski definition) is 4. The van der Waals surface area contributed by atoms with Gasteiger partial charge in [0.15, 0.2) is 0 Å². The minimum absolute atomic E-state index is 0.0637. The summed E-state index contributed by atoms with van der Waals surface area (Å²) in [7, 11) is 0. The lowest BCUT2D eigenvalue weighted by molar-refractivity contribution is -0.145. The third-order valence-corrected chi connectivity index (χ3v) is 6.53. The van der Waals surface area contributed by atoms with Gasteiger partial charge < -0.3 is 21.7 Å². The third-order valence-electron chi connectivity index (χ3n) is 6.53. The Kier molecular flexibility index (Phi) is 4.16. The molecule has 4 bridgehead atoms. The molecule has 22 heavy (non-hydrogen) atoms. The van der Waals surface area contributed by atoms with Crippen molar-refractivity contribution in [1.29, 1.82) is 0 Å². The molecular weight excluding hydrogens is 284 g/mol. The van der Waals surface area contributed by atoms with Crippen LogP contribution in [0.5, 0.6) is 0 Å². The summed E-state index contributed by atoms with van der Waals surface area (Å²) < 4.78 is 0. The first-order valence-electron chi connectivity index (χ1n) is 8.37. The largest absolute Gasteiger partial charge is 0.481 e. The van der Waals surface area contributed by atoms with Gasteiger partial charge in [-0.05, 0) is 62.2 Å². The van der Waals surface area contributed by atoms with Gasteiger partial charge in [0, 0.05) is 12.1 Å². The van der Waals surface area contributed by atoms with E-state index < -0.39 is 11.9 Å². The van der Waals surface area contributed by atoms with Gasteiger partial charge in [-0.1, -0.05) is 0 Å². The Hall–Kier alpha value is -1.14. The summed E-state index contributed by atoms with van der Waals surface area (Å²) in [6.45, 7) is 0. The first kappa shape index (κ1) is 15.7. The van der Waals surface area contributed by atoms with Crippen molar-refractivity contribution >= 4 is 11.9 Å². The maximum Gasteiger partial charge on any atom is 0.308 e. The van der Waals surface area contributed by atoms with Crippen molar-refractivity contribution in [2.45, 2.75) is 50.6 Å². The Morgan fingerprint density at radius 3 is 1.18 bits per heavy atom. The molecule has 4 fully saturated rings. The first-order chi connectivity index (χ1) is 10.4. The van der Waals surface area contributed by atoms with Gasteiger partial charge in [-0.25, -0.2) is 0 Å². The summed E-state index contributed by atoms with van der Waals surface area (Å²) in [5.74, 6) is -0.0981. The van der Waals surface area contributed by atoms with Gasteiger partial charge >= 0.3 is 11.9 Å². The maximum absolute atomic E-state index is 10.7. The fourth-order valence-corrected chi connectivity index (χ4v) is 5.40. The fourth-order valence-electron chi connectivity index (χ4n) is 5.40. The normalized spacial score (nSPS) is 48.1. The Bertz CT molecular complexity index is 423. The lowest BCUT2D eigenvalue weighted by Crippen LogP contribution is -2.40. The van der Waals surface area contributed by atoms with Crippen LogP contribution in [0.4, 0.5) is 0 Å². The Balaban J connectivity index is 0.000000131. The number of rotatable bonds is 2. The molecule has 0 aromatic heterocycles. The first-order valence-corrected chi connectivity index (χ1v) is 8.37. The molecular formula is C16H26N2O4. The van der Waals surface area contributed by atoms with Crippen molar-refractivity contribution < 1.29 is 19.8 Å². The molecule has 4 rings (SSSR count). The average molecular weight is 310 g/mol. The van der Waals surface area contributed by atoms with Crippen LogP contribution in [0, 0.1) is 35.5 Å². The van der Waals surface area contributed by atoms with Gasteiger partial charge in [0.05, 0.1) is 11.8 Å². The molecule has 8 atom stereocenters. The van der Waals surface area contributed by atoms with E-state index in [1.54, 1.807) is 0 Å². The molecule has 0 saturated heterocycles. The Morgan fingerprint density at radius 2 is 1.00 bits per heavy atom. The van der Waals surface area contributed by atoms with Crippen molar-refractivity contribution in [3.63, 3.8) is 0 Å². The molecule has 4 saturated carbocycles. The summed E-state index contributed by atoms with van der Waals surface area (Å²) in [6.07, 6.45) is 6.56. The number of carboxylic acids is 2. The van der Waals surface area contributed by atoms with Gasteiger partial charge in [-0.3, -0.25) is 9.59 Å². The van der Waals surface area contributed by atoms with E-state index in [9.17, 15) is 9.59 Å². The predicted octanol–water partition coefficient (Wildman–Crippen LogP) is 0.889. The van der Waals surface area contributed by atoms with Crippen LogP contribution < -0.4 is 11.5 Å². The van der Waals surface area contributed by atoms with Gasteiger partial charge in [-0.2, -0.15) is 0 Å². The van der Waals surface area contributed by atoms with E-state index in [-0.39, 0.29) is 23.9 Å². The average Bonchev–Trinajstić information content (AvgIpc) is 3.17. The van der Waals surface area contributed by atoms with E-state index in [1.807, 2.05) is 0 Å². The van der Waals surface area contributed by atoms with Crippen molar-refractivity contribution in [3.05, 3.63) is 0 Å². The molecule has 6 N–H and O–H groups in total. The van der Waals surface area contributed by atoms with Crippen LogP contribution in [0.2, 0.25) is 0 Å². The van der Waals surface area contributed by atoms with E-state index in [0.29, 0.717) is 23.7 Å². The summed E-state index contributed by atoms with van der Waals surface area (Å²) in [5.41, 5.74) is 11.6. The predicted molar refractivity (Wildman–Crippen MR) is 79.9 cm³/mol. The third kappa shape index (κ3) is 2.52. The number of fused-ring (bicyclic) bond motifs is 4. The van der Waals surface area contributed by atoms with Crippen molar-refractivity contribution in [2.24, 2.45) is 47.0 Å². The van der Waals surface area contributed by atoms with E-state index in [4.69, 9.17) is 21.7 Å². The van der Waals surface area contributed by atoms with Crippen molar-refractivity contribution in [1.82, 2.24) is 0 Å². The van der Waals surface area contributed by atoms with Gasteiger partial charge in [0.25, 0.3) is 0 Å². The SMILES string of the molecule is N[C@@H]1[C@H]2CC[C@H](C2)[C@@H]1C(=O)O.N[C@H]1[C@@H]2CC[C@@H](C2)[C@H]1C(=O)O. The second-order valence-corrected chi connectivity index (χ2v) is 7.55. The van der Waals surface area contributed by atoms with Crippen LogP contribution in [-0.4, -0.2) is 34.2 Å². The van der Waals surface area contributed by atoms with Gasteiger partial charge in [0.2, 0.25) is 0 Å². The molecule has 0 unspecified atom stereocenters. The fraction of sp³-hybridized carbons (Fsp3) is 0.875. The smallest absolute Gasteiger partial charge is 0.308 e. The highest BCUT2D eigenvalue weighted by molar-refractivity contribution is 5.72. The monoisotopic (exact) mass is 310 g/mol. The molecule has 0 aromatic rings. The second kappa shape index (κ2) is 5.81. The van der Waals surface area contributed by atoms with E-state index in [1.165, 1.54) is 0 Å². The van der Waals surface area contributed by atoms with Crippen LogP contribution in [0.15, 0.2) is 0 Å². The van der Waals surface area contributed by atoms with E-state index in [2.05, 4.69) is 0 Å². The summed E-state index contributed by atoms with van der Waals surface area (Å²) in [5, 5.41) is 17.7. The molecule has 6 nitrogen and oxygen atoms in total. The molecule has 0 amide bonds. The lowest BCUT2D eigenvalue weighted by atomic mass is 9.85. The van der Waals surface area contributed by atoms with Crippen LogP contribution in [0.25, 0.3) is 0 Å². The van der Waals surface area contributed by atoms with Crippen LogP contribution in [-0.2, 0) is 9.59 Å². The Morgan fingerprint density at radius 1 is 0.682 bits per heavy atom. The van der Waals surface area contributed by atoms with Crippen molar-refractivity contribution in [3.8, 4) is 0 Å². The van der Waals surface area contributed by atoms with E-state index in [0.717, 1.165) is 38.5 Å². The highest BCUT2D eigenvalue weighted by Gasteiger charge is 2.50. The minimum atomic E-state index is -0.690. The van der Waals surface area contributed by atoms with E-state index >= 15 is 0 Å². The molecule has 0 aromatic carbocycles. The number of nitrogens with two attached hydrogens (primary N) is 2. The molecule has 0 spiro atoms. The number of hydrogen-bond acceptors (Lipinski definition) is 4. The standard InChI is InChI=1S/2C8H13NO2/c2*9-7-5-2-1-4(3-5)6(7)8(10)11/h2*4-7H,1-3,9H2,(H,10,11)/t2*4-,5+,6+,7-/m10/s1. The second-order valence-electron chi connectivity index (χ2n) is 7.55. The van der Waals surface area contributed by atoms with Gasteiger partial charge in [0.1, 0.15) is 0 Å². The van der Waals surface area contributed by atoms with Crippen LogP contribution in [0.1, 0.15) is 38.5 Å². The van der Waals surface area contributed by atoms with Crippen molar-refractivity contribution in [2.75, 3.05) is 0 Å². The lowest BCUT2D eigenvalue weighted by Gasteiger charge is -2.23. The molecule has 0 aliphatic heterocycles. The van der Waals surface area contributed by atoms with Crippen LogP contribution >= 0.6 is 0 Å². The molecule has 4 aliphatic carbocycles. The Labute approximate surface area is 130 Å². The summed E-state index contributed by atoms with van der Waals surface area (Å²) in [6, 6.07) is -0.127. The molecule has 0 radical (unpaired) electrons. The summed E-state index contributed by atoms with van der Waals surface area (Å²) >= 11 is 0. The summed E-state index contributed by atoms with van der Waals surface area (Å²) in [4.78, 5) is 21.4. The number of carboxylic acid groups (broad SMARTS) is 2.